The number of carbonyl (C=O) groups is 1. The normalized spacial score (nSPS) is 10.6. The quantitative estimate of drug-likeness (QED) is 0.497. The molecule has 4 rings (SSSR count). The predicted molar refractivity (Wildman–Crippen MR) is 110 cm³/mol. The number of benzene rings is 3. The van der Waals surface area contributed by atoms with Crippen molar-refractivity contribution in [2.75, 3.05) is 11.9 Å². The van der Waals surface area contributed by atoms with E-state index in [0.29, 0.717) is 22.7 Å². The van der Waals surface area contributed by atoms with Gasteiger partial charge < -0.3 is 14.6 Å². The van der Waals surface area contributed by atoms with Crippen molar-refractivity contribution in [3.8, 4) is 28.6 Å². The van der Waals surface area contributed by atoms with Crippen molar-refractivity contribution in [2.45, 2.75) is 6.92 Å². The van der Waals surface area contributed by atoms with Gasteiger partial charge in [-0.1, -0.05) is 29.4 Å². The van der Waals surface area contributed by atoms with Gasteiger partial charge in [0.1, 0.15) is 11.6 Å². The van der Waals surface area contributed by atoms with Gasteiger partial charge in [0.15, 0.2) is 6.61 Å². The van der Waals surface area contributed by atoms with Gasteiger partial charge in [0.25, 0.3) is 11.8 Å². The molecule has 1 aromatic heterocycles. The van der Waals surface area contributed by atoms with E-state index in [-0.39, 0.29) is 24.2 Å². The number of hydrogen-bond donors (Lipinski definition) is 1. The Kier molecular flexibility index (Phi) is 5.52. The number of carbonyl (C=O) groups excluding carboxylic acids is 1. The summed E-state index contributed by atoms with van der Waals surface area (Å²) in [6.07, 6.45) is 0. The summed E-state index contributed by atoms with van der Waals surface area (Å²) in [6, 6.07) is 20.4. The lowest BCUT2D eigenvalue weighted by Gasteiger charge is -2.08. The highest BCUT2D eigenvalue weighted by Crippen LogP contribution is 2.25. The maximum atomic E-state index is 13.1. The molecule has 1 amide bonds. The van der Waals surface area contributed by atoms with Crippen LogP contribution in [-0.2, 0) is 4.79 Å². The number of nitrogens with zero attached hydrogens (tertiary/aromatic N) is 2. The zero-order chi connectivity index (χ0) is 20.9. The summed E-state index contributed by atoms with van der Waals surface area (Å²) in [4.78, 5) is 16.5. The Hall–Kier alpha value is -4.00. The summed E-state index contributed by atoms with van der Waals surface area (Å²) in [7, 11) is 0. The first-order valence-electron chi connectivity index (χ1n) is 9.26. The van der Waals surface area contributed by atoms with Crippen LogP contribution >= 0.6 is 0 Å². The topological polar surface area (TPSA) is 77.2 Å². The van der Waals surface area contributed by atoms with Crippen LogP contribution in [0.5, 0.6) is 5.75 Å². The van der Waals surface area contributed by atoms with Crippen LogP contribution in [-0.4, -0.2) is 22.7 Å². The number of halogens is 1. The second-order valence-electron chi connectivity index (χ2n) is 6.66. The predicted octanol–water partition coefficient (Wildman–Crippen LogP) is 4.87. The van der Waals surface area contributed by atoms with E-state index in [0.717, 1.165) is 11.3 Å². The molecule has 0 saturated heterocycles. The Morgan fingerprint density at radius 3 is 2.63 bits per heavy atom. The van der Waals surface area contributed by atoms with Crippen molar-refractivity contribution in [3.05, 3.63) is 84.2 Å². The minimum Gasteiger partial charge on any atom is -0.484 e. The van der Waals surface area contributed by atoms with Crippen molar-refractivity contribution in [2.24, 2.45) is 0 Å². The molecule has 0 bridgehead atoms. The fourth-order valence-corrected chi connectivity index (χ4v) is 2.84. The first kappa shape index (κ1) is 19.3. The summed E-state index contributed by atoms with van der Waals surface area (Å²) in [6.45, 7) is 1.82. The number of aryl methyl sites for hydroxylation is 1. The molecule has 0 fully saturated rings. The number of amides is 1. The molecule has 6 nitrogen and oxygen atoms in total. The standard InChI is InChI=1S/C23H18FN3O3/c1-15-4-2-6-19(12-15)25-21(28)14-29-20-7-3-5-17(13-20)22-26-23(30-27-22)16-8-10-18(24)11-9-16/h2-13H,14H2,1H3,(H,25,28). The molecule has 0 unspecified atom stereocenters. The SMILES string of the molecule is Cc1cccc(NC(=O)COc2cccc(-c3noc(-c4ccc(F)cc4)n3)c2)c1. The van der Waals surface area contributed by atoms with E-state index < -0.39 is 0 Å². The molecule has 0 aliphatic heterocycles. The monoisotopic (exact) mass is 403 g/mol. The van der Waals surface area contributed by atoms with E-state index in [4.69, 9.17) is 9.26 Å². The minimum absolute atomic E-state index is 0.134. The Morgan fingerprint density at radius 2 is 1.83 bits per heavy atom. The number of anilines is 1. The summed E-state index contributed by atoms with van der Waals surface area (Å²) < 4.78 is 23.9. The van der Waals surface area contributed by atoms with E-state index in [2.05, 4.69) is 15.5 Å². The molecule has 4 aromatic rings. The molecule has 0 spiro atoms. The Balaban J connectivity index is 1.41. The number of aromatic nitrogens is 2. The van der Waals surface area contributed by atoms with Crippen molar-refractivity contribution in [1.82, 2.24) is 10.1 Å². The lowest BCUT2D eigenvalue weighted by molar-refractivity contribution is -0.118. The second kappa shape index (κ2) is 8.57. The van der Waals surface area contributed by atoms with Crippen molar-refractivity contribution >= 4 is 11.6 Å². The maximum absolute atomic E-state index is 13.1. The highest BCUT2D eigenvalue weighted by Gasteiger charge is 2.12. The lowest BCUT2D eigenvalue weighted by Crippen LogP contribution is -2.20. The van der Waals surface area contributed by atoms with E-state index in [1.165, 1.54) is 12.1 Å². The average molecular weight is 403 g/mol. The smallest absolute Gasteiger partial charge is 0.262 e. The molecule has 1 heterocycles. The third-order valence-electron chi connectivity index (χ3n) is 4.28. The van der Waals surface area contributed by atoms with Crippen LogP contribution in [0.1, 0.15) is 5.56 Å². The van der Waals surface area contributed by atoms with Gasteiger partial charge in [-0.2, -0.15) is 4.98 Å². The summed E-state index contributed by atoms with van der Waals surface area (Å²) in [5.74, 6) is 0.553. The van der Waals surface area contributed by atoms with Gasteiger partial charge in [-0.25, -0.2) is 4.39 Å². The summed E-state index contributed by atoms with van der Waals surface area (Å²) in [5.41, 5.74) is 3.07. The molecule has 30 heavy (non-hydrogen) atoms. The Morgan fingerprint density at radius 1 is 1.03 bits per heavy atom. The third-order valence-corrected chi connectivity index (χ3v) is 4.28. The van der Waals surface area contributed by atoms with E-state index in [1.807, 2.05) is 31.2 Å². The average Bonchev–Trinajstić information content (AvgIpc) is 3.23. The van der Waals surface area contributed by atoms with Gasteiger partial charge in [0, 0.05) is 16.8 Å². The molecule has 0 saturated carbocycles. The highest BCUT2D eigenvalue weighted by atomic mass is 19.1. The van der Waals surface area contributed by atoms with Gasteiger partial charge in [0.2, 0.25) is 5.82 Å². The molecule has 0 aliphatic carbocycles. The highest BCUT2D eigenvalue weighted by molar-refractivity contribution is 5.91. The maximum Gasteiger partial charge on any atom is 0.262 e. The number of nitrogens with one attached hydrogen (secondary N) is 1. The molecule has 150 valence electrons. The molecule has 0 aliphatic rings. The molecule has 7 heteroatoms. The zero-order valence-electron chi connectivity index (χ0n) is 16.1. The Bertz CT molecular complexity index is 1170. The van der Waals surface area contributed by atoms with Gasteiger partial charge in [-0.3, -0.25) is 4.79 Å². The first-order valence-corrected chi connectivity index (χ1v) is 9.26. The van der Waals surface area contributed by atoms with Crippen LogP contribution in [0.15, 0.2) is 77.3 Å². The van der Waals surface area contributed by atoms with Crippen molar-refractivity contribution in [3.63, 3.8) is 0 Å². The van der Waals surface area contributed by atoms with E-state index >= 15 is 0 Å². The van der Waals surface area contributed by atoms with Gasteiger partial charge in [-0.05, 0) is 61.0 Å². The van der Waals surface area contributed by atoms with Crippen LogP contribution in [0, 0.1) is 12.7 Å². The summed E-state index contributed by atoms with van der Waals surface area (Å²) in [5, 5.41) is 6.77. The summed E-state index contributed by atoms with van der Waals surface area (Å²) >= 11 is 0. The molecule has 1 N–H and O–H groups in total. The van der Waals surface area contributed by atoms with Crippen LogP contribution in [0.2, 0.25) is 0 Å². The first-order chi connectivity index (χ1) is 14.6. The molecular formula is C23H18FN3O3. The van der Waals surface area contributed by atoms with Crippen LogP contribution in [0.4, 0.5) is 10.1 Å². The zero-order valence-corrected chi connectivity index (χ0v) is 16.1. The van der Waals surface area contributed by atoms with Crippen molar-refractivity contribution in [1.29, 1.82) is 0 Å². The Labute approximate surface area is 172 Å². The van der Waals surface area contributed by atoms with E-state index in [9.17, 15) is 9.18 Å². The molecular weight excluding hydrogens is 385 g/mol. The number of ether oxygens (including phenoxy) is 1. The van der Waals surface area contributed by atoms with Gasteiger partial charge in [-0.15, -0.1) is 0 Å². The van der Waals surface area contributed by atoms with Gasteiger partial charge >= 0.3 is 0 Å². The third kappa shape index (κ3) is 4.70. The lowest BCUT2D eigenvalue weighted by atomic mass is 10.2. The second-order valence-corrected chi connectivity index (χ2v) is 6.66. The minimum atomic E-state index is -0.338. The molecule has 0 atom stereocenters. The van der Waals surface area contributed by atoms with Crippen LogP contribution in [0.25, 0.3) is 22.8 Å². The fourth-order valence-electron chi connectivity index (χ4n) is 2.84. The number of hydrogen-bond acceptors (Lipinski definition) is 5. The van der Waals surface area contributed by atoms with Crippen LogP contribution in [0.3, 0.4) is 0 Å². The van der Waals surface area contributed by atoms with Gasteiger partial charge in [0.05, 0.1) is 0 Å². The number of rotatable bonds is 6. The molecule has 3 aromatic carbocycles. The van der Waals surface area contributed by atoms with E-state index in [1.54, 1.807) is 36.4 Å². The van der Waals surface area contributed by atoms with Crippen molar-refractivity contribution < 1.29 is 18.4 Å². The molecule has 0 radical (unpaired) electrons. The fraction of sp³-hybridized carbons (Fsp3) is 0.0870. The van der Waals surface area contributed by atoms with Crippen LogP contribution < -0.4 is 10.1 Å². The largest absolute Gasteiger partial charge is 0.484 e.